The molecule has 82 valence electrons. The van der Waals surface area contributed by atoms with Gasteiger partial charge in [-0.3, -0.25) is 10.1 Å². The van der Waals surface area contributed by atoms with E-state index in [1.807, 2.05) is 0 Å². The fraction of sp³-hybridized carbons (Fsp3) is 0.111. The third-order valence-electron chi connectivity index (χ3n) is 1.59. The fourth-order valence-corrected chi connectivity index (χ4v) is 0.921. The van der Waals surface area contributed by atoms with E-state index in [0.29, 0.717) is 0 Å². The first-order chi connectivity index (χ1) is 7.06. The van der Waals surface area contributed by atoms with Gasteiger partial charge in [0.1, 0.15) is 17.2 Å². The monoisotopic (exact) mass is 239 g/mol. The molecular weight excluding hydrogens is 231 g/mol. The van der Waals surface area contributed by atoms with Crippen LogP contribution in [0.2, 0.25) is 0 Å². The van der Waals surface area contributed by atoms with Crippen LogP contribution in [0.3, 0.4) is 0 Å². The number of ether oxygens (including phenoxy) is 1. The van der Waals surface area contributed by atoms with E-state index < -0.39 is 29.2 Å². The Hall–Kier alpha value is -0.980. The maximum absolute atomic E-state index is 13.0. The quantitative estimate of drug-likeness (QED) is 0.738. The summed E-state index contributed by atoms with van der Waals surface area (Å²) in [6.45, 7) is 0. The standard InChI is InChI=1S/C9H7F2NO3.Na.H/c1-15-9(14)12-8(13)7-5(10)3-2-4-6(7)11;;/h2-4H,1H3,(H,12,13,14);;. The Morgan fingerprint density at radius 3 is 2.19 bits per heavy atom. The molecular formula is C9H8F2NNaO3. The molecule has 0 bridgehead atoms. The number of carbonyl (C=O) groups is 2. The van der Waals surface area contributed by atoms with E-state index in [4.69, 9.17) is 0 Å². The third-order valence-corrected chi connectivity index (χ3v) is 1.59. The predicted molar refractivity (Wildman–Crippen MR) is 53.4 cm³/mol. The zero-order chi connectivity index (χ0) is 11.4. The molecule has 7 heteroatoms. The summed E-state index contributed by atoms with van der Waals surface area (Å²) >= 11 is 0. The molecule has 0 saturated carbocycles. The molecule has 2 amide bonds. The van der Waals surface area contributed by atoms with E-state index in [1.165, 1.54) is 0 Å². The topological polar surface area (TPSA) is 55.4 Å². The van der Waals surface area contributed by atoms with E-state index in [2.05, 4.69) is 4.74 Å². The maximum atomic E-state index is 13.0. The summed E-state index contributed by atoms with van der Waals surface area (Å²) in [7, 11) is 1.03. The Morgan fingerprint density at radius 2 is 1.75 bits per heavy atom. The number of halogens is 2. The zero-order valence-electron chi connectivity index (χ0n) is 7.71. The molecule has 0 unspecified atom stereocenters. The van der Waals surface area contributed by atoms with Gasteiger partial charge in [-0.05, 0) is 12.1 Å². The molecule has 0 aliphatic rings. The molecule has 0 radical (unpaired) electrons. The van der Waals surface area contributed by atoms with Gasteiger partial charge in [0, 0.05) is 0 Å². The van der Waals surface area contributed by atoms with Crippen molar-refractivity contribution >= 4 is 41.6 Å². The van der Waals surface area contributed by atoms with Crippen molar-refractivity contribution in [3.8, 4) is 0 Å². The number of methoxy groups -OCH3 is 1. The Balaban J connectivity index is 0.00000225. The number of rotatable bonds is 1. The van der Waals surface area contributed by atoms with Gasteiger partial charge in [0.05, 0.1) is 7.11 Å². The van der Waals surface area contributed by atoms with Crippen molar-refractivity contribution < 1.29 is 23.1 Å². The number of benzene rings is 1. The summed E-state index contributed by atoms with van der Waals surface area (Å²) in [6, 6.07) is 2.93. The SMILES string of the molecule is COC(=O)NC(=O)c1c(F)cccc1F.[NaH]. The second-order valence-corrected chi connectivity index (χ2v) is 2.54. The number of alkyl carbamates (subject to hydrolysis) is 1. The van der Waals surface area contributed by atoms with Crippen LogP contribution >= 0.6 is 0 Å². The molecule has 1 N–H and O–H groups in total. The molecule has 0 aliphatic heterocycles. The van der Waals surface area contributed by atoms with Gasteiger partial charge in [-0.25, -0.2) is 13.6 Å². The van der Waals surface area contributed by atoms with Gasteiger partial charge in [-0.2, -0.15) is 0 Å². The second kappa shape index (κ2) is 6.57. The van der Waals surface area contributed by atoms with Crippen molar-refractivity contribution in [2.75, 3.05) is 7.11 Å². The van der Waals surface area contributed by atoms with Gasteiger partial charge in [0.15, 0.2) is 0 Å². The molecule has 0 fully saturated rings. The summed E-state index contributed by atoms with van der Waals surface area (Å²) < 4.78 is 30.1. The number of carbonyl (C=O) groups excluding carboxylic acids is 2. The number of nitrogens with one attached hydrogen (secondary N) is 1. The molecule has 1 rings (SSSR count). The molecule has 4 nitrogen and oxygen atoms in total. The first-order valence-corrected chi connectivity index (χ1v) is 3.89. The molecule has 0 aliphatic carbocycles. The fourth-order valence-electron chi connectivity index (χ4n) is 0.921. The molecule has 0 atom stereocenters. The first kappa shape index (κ1) is 15.0. The van der Waals surface area contributed by atoms with Crippen molar-refractivity contribution in [1.29, 1.82) is 0 Å². The van der Waals surface area contributed by atoms with Crippen molar-refractivity contribution in [3.63, 3.8) is 0 Å². The third kappa shape index (κ3) is 3.55. The average Bonchev–Trinajstić information content (AvgIpc) is 2.17. The normalized spacial score (nSPS) is 8.94. The number of hydrogen-bond acceptors (Lipinski definition) is 3. The van der Waals surface area contributed by atoms with Gasteiger partial charge >= 0.3 is 35.7 Å². The van der Waals surface area contributed by atoms with Crippen LogP contribution in [-0.2, 0) is 4.74 Å². The van der Waals surface area contributed by atoms with E-state index >= 15 is 0 Å². The van der Waals surface area contributed by atoms with Crippen LogP contribution < -0.4 is 5.32 Å². The summed E-state index contributed by atoms with van der Waals surface area (Å²) in [6.07, 6.45) is -1.08. The van der Waals surface area contributed by atoms with Gasteiger partial charge in [0.25, 0.3) is 5.91 Å². The Bertz CT molecular complexity index is 391. The minimum atomic E-state index is -1.18. The van der Waals surface area contributed by atoms with E-state index in [9.17, 15) is 18.4 Å². The van der Waals surface area contributed by atoms with Crippen LogP contribution in [0.15, 0.2) is 18.2 Å². The Kier molecular flexibility index (Phi) is 6.17. The molecule has 16 heavy (non-hydrogen) atoms. The molecule has 0 spiro atoms. The zero-order valence-corrected chi connectivity index (χ0v) is 7.71. The molecule has 0 heterocycles. The molecule has 1 aromatic rings. The summed E-state index contributed by atoms with van der Waals surface area (Å²) in [4.78, 5) is 21.8. The van der Waals surface area contributed by atoms with Crippen molar-refractivity contribution in [2.24, 2.45) is 0 Å². The summed E-state index contributed by atoms with van der Waals surface area (Å²) in [5.74, 6) is -3.27. The van der Waals surface area contributed by atoms with E-state index in [1.54, 1.807) is 5.32 Å². The predicted octanol–water partition coefficient (Wildman–Crippen LogP) is 0.812. The van der Waals surface area contributed by atoms with Gasteiger partial charge in [-0.1, -0.05) is 6.07 Å². The van der Waals surface area contributed by atoms with Crippen LogP contribution in [0.5, 0.6) is 0 Å². The van der Waals surface area contributed by atoms with Crippen LogP contribution in [0.25, 0.3) is 0 Å². The van der Waals surface area contributed by atoms with Crippen LogP contribution in [0.1, 0.15) is 10.4 Å². The number of imide groups is 1. The number of hydrogen-bond donors (Lipinski definition) is 1. The van der Waals surface area contributed by atoms with Gasteiger partial charge in [0.2, 0.25) is 0 Å². The number of amides is 2. The van der Waals surface area contributed by atoms with Crippen LogP contribution in [-0.4, -0.2) is 48.7 Å². The molecule has 0 saturated heterocycles. The van der Waals surface area contributed by atoms with Crippen LogP contribution in [0.4, 0.5) is 13.6 Å². The van der Waals surface area contributed by atoms with Crippen molar-refractivity contribution in [3.05, 3.63) is 35.4 Å². The molecule has 0 aromatic heterocycles. The van der Waals surface area contributed by atoms with Crippen molar-refractivity contribution in [2.45, 2.75) is 0 Å². The minimum absolute atomic E-state index is 0. The van der Waals surface area contributed by atoms with Gasteiger partial charge in [-0.15, -0.1) is 0 Å². The summed E-state index contributed by atoms with van der Waals surface area (Å²) in [5, 5.41) is 1.65. The van der Waals surface area contributed by atoms with E-state index in [0.717, 1.165) is 25.3 Å². The Labute approximate surface area is 112 Å². The first-order valence-electron chi connectivity index (χ1n) is 3.89. The summed E-state index contributed by atoms with van der Waals surface area (Å²) in [5.41, 5.74) is -0.817. The van der Waals surface area contributed by atoms with Crippen molar-refractivity contribution in [1.82, 2.24) is 5.32 Å². The Morgan fingerprint density at radius 1 is 1.25 bits per heavy atom. The van der Waals surface area contributed by atoms with Gasteiger partial charge < -0.3 is 4.74 Å². The van der Waals surface area contributed by atoms with E-state index in [-0.39, 0.29) is 29.6 Å². The molecule has 1 aromatic carbocycles. The second-order valence-electron chi connectivity index (χ2n) is 2.54. The van der Waals surface area contributed by atoms with Crippen LogP contribution in [0, 0.1) is 11.6 Å². The average molecular weight is 239 g/mol.